The molecule has 0 unspecified atom stereocenters. The number of carbonyl (C=O) groups is 7. The van der Waals surface area contributed by atoms with Crippen molar-refractivity contribution in [1.82, 2.24) is 10.0 Å². The minimum atomic E-state index is -1.80. The summed E-state index contributed by atoms with van der Waals surface area (Å²) in [7, 11) is 1.07. The molecule has 2 aromatic rings. The van der Waals surface area contributed by atoms with Gasteiger partial charge in [0.1, 0.15) is 25.9 Å². The molecule has 18 heteroatoms. The van der Waals surface area contributed by atoms with Crippen LogP contribution < -0.4 is 0 Å². The molecule has 2 aliphatic rings. The van der Waals surface area contributed by atoms with Crippen LogP contribution in [0.3, 0.4) is 0 Å². The Morgan fingerprint density at radius 1 is 0.611 bits per heavy atom. The Bertz CT molecular complexity index is 1690. The molecule has 1 fully saturated rings. The van der Waals surface area contributed by atoms with Gasteiger partial charge in [0.05, 0.1) is 7.11 Å². The molecule has 2 heterocycles. The van der Waals surface area contributed by atoms with E-state index in [0.717, 1.165) is 34.8 Å². The van der Waals surface area contributed by atoms with Crippen molar-refractivity contribution >= 4 is 42.0 Å². The number of carbonyl (C=O) groups excluding carboxylic acids is 7. The van der Waals surface area contributed by atoms with E-state index in [4.69, 9.17) is 42.6 Å². The number of esters is 5. The summed E-state index contributed by atoms with van der Waals surface area (Å²) < 4.78 is 49.7. The molecule has 1 saturated heterocycles. The van der Waals surface area contributed by atoms with Gasteiger partial charge < -0.3 is 42.6 Å². The van der Waals surface area contributed by atoms with Crippen molar-refractivity contribution in [1.29, 1.82) is 0 Å². The first-order chi connectivity index (χ1) is 25.8. The SMILES string of the molecule is COC(=O)[C@@H]1C=C[C@H](O[C@@H]2O[C@H](COC(C)=O)[C@@H](OC(C)=O)[C@H](OC(C)=O)[C@H]2OC(C)=O)N(C(=O)OCc2ccccc2)N1C(=O)OCc1ccccc1. The van der Waals surface area contributed by atoms with Gasteiger partial charge in [0.15, 0.2) is 30.6 Å². The molecule has 0 radical (unpaired) electrons. The van der Waals surface area contributed by atoms with Crippen molar-refractivity contribution in [3.8, 4) is 0 Å². The fourth-order valence-electron chi connectivity index (χ4n) is 5.42. The third kappa shape index (κ3) is 11.0. The van der Waals surface area contributed by atoms with Gasteiger partial charge in [-0.05, 0) is 23.3 Å². The standard InChI is InChI=1S/C36H40N2O16/c1-21(39)47-20-28-30(50-22(2)40)31(51-23(3)41)32(52-24(4)42)34(53-28)54-29-17-16-27(33(43)46-5)37(35(44)48-18-25-12-8-6-9-13-25)38(29)36(45)49-19-26-14-10-7-11-15-26/h6-17,27-32,34H,18-20H2,1-5H3/t27-,28+,29-,30+,31-,32+,34-/m0/s1. The molecule has 54 heavy (non-hydrogen) atoms. The molecular weight excluding hydrogens is 716 g/mol. The average Bonchev–Trinajstić information content (AvgIpc) is 3.14. The number of hydrogen-bond donors (Lipinski definition) is 0. The molecule has 7 atom stereocenters. The third-order valence-electron chi connectivity index (χ3n) is 7.64. The van der Waals surface area contributed by atoms with Gasteiger partial charge >= 0.3 is 42.0 Å². The lowest BCUT2D eigenvalue weighted by Crippen LogP contribution is -2.66. The van der Waals surface area contributed by atoms with Crippen molar-refractivity contribution in [2.75, 3.05) is 13.7 Å². The minimum Gasteiger partial charge on any atom is -0.467 e. The number of benzene rings is 2. The molecule has 0 spiro atoms. The fourth-order valence-corrected chi connectivity index (χ4v) is 5.42. The Morgan fingerprint density at radius 2 is 1.11 bits per heavy atom. The Labute approximate surface area is 309 Å². The highest BCUT2D eigenvalue weighted by molar-refractivity contribution is 5.85. The number of hydrogen-bond acceptors (Lipinski definition) is 16. The van der Waals surface area contributed by atoms with Gasteiger partial charge in [-0.15, -0.1) is 0 Å². The summed E-state index contributed by atoms with van der Waals surface area (Å²) >= 11 is 0. The molecule has 0 aromatic heterocycles. The molecule has 0 N–H and O–H groups in total. The predicted molar refractivity (Wildman–Crippen MR) is 179 cm³/mol. The van der Waals surface area contributed by atoms with E-state index in [0.29, 0.717) is 21.1 Å². The van der Waals surface area contributed by atoms with Crippen LogP contribution in [0.2, 0.25) is 0 Å². The highest BCUT2D eigenvalue weighted by Gasteiger charge is 2.55. The van der Waals surface area contributed by atoms with Crippen molar-refractivity contribution in [2.45, 2.75) is 83.9 Å². The summed E-state index contributed by atoms with van der Waals surface area (Å²) in [6, 6.07) is 15.5. The molecule has 2 aromatic carbocycles. The molecule has 0 saturated carbocycles. The Kier molecular flexibility index (Phi) is 14.5. The molecule has 0 aliphatic carbocycles. The van der Waals surface area contributed by atoms with Gasteiger partial charge in [-0.3, -0.25) is 19.2 Å². The van der Waals surface area contributed by atoms with Crippen molar-refractivity contribution in [2.24, 2.45) is 0 Å². The normalized spacial score (nSPS) is 23.3. The molecular formula is C36H40N2O16. The second-order valence-corrected chi connectivity index (χ2v) is 11.7. The number of rotatable bonds is 12. The predicted octanol–water partition coefficient (Wildman–Crippen LogP) is 2.72. The van der Waals surface area contributed by atoms with E-state index in [9.17, 15) is 33.6 Å². The first-order valence-electron chi connectivity index (χ1n) is 16.5. The van der Waals surface area contributed by atoms with Crippen LogP contribution in [-0.2, 0) is 79.8 Å². The van der Waals surface area contributed by atoms with E-state index in [-0.39, 0.29) is 13.2 Å². The van der Waals surface area contributed by atoms with Crippen LogP contribution in [-0.4, -0.2) is 109 Å². The smallest absolute Gasteiger partial charge is 0.432 e. The van der Waals surface area contributed by atoms with E-state index in [2.05, 4.69) is 0 Å². The van der Waals surface area contributed by atoms with E-state index < -0.39 is 91.6 Å². The summed E-state index contributed by atoms with van der Waals surface area (Å²) in [5.74, 6) is -4.38. The van der Waals surface area contributed by atoms with Crippen LogP contribution in [0.5, 0.6) is 0 Å². The molecule has 2 amide bonds. The summed E-state index contributed by atoms with van der Waals surface area (Å²) in [6.07, 6.45) is -9.77. The maximum Gasteiger partial charge on any atom is 0.432 e. The molecule has 4 rings (SSSR count). The average molecular weight is 757 g/mol. The van der Waals surface area contributed by atoms with Crippen LogP contribution >= 0.6 is 0 Å². The lowest BCUT2D eigenvalue weighted by atomic mass is 9.98. The fraction of sp³-hybridized carbons (Fsp3) is 0.417. The topological polar surface area (TPSA) is 209 Å². The van der Waals surface area contributed by atoms with Crippen molar-refractivity contribution < 1.29 is 76.2 Å². The van der Waals surface area contributed by atoms with Crippen LogP contribution in [0.25, 0.3) is 0 Å². The van der Waals surface area contributed by atoms with E-state index in [1.54, 1.807) is 60.7 Å². The van der Waals surface area contributed by atoms with E-state index in [1.807, 2.05) is 0 Å². The first-order valence-corrected chi connectivity index (χ1v) is 16.5. The highest BCUT2D eigenvalue weighted by Crippen LogP contribution is 2.33. The van der Waals surface area contributed by atoms with Crippen LogP contribution in [0.1, 0.15) is 38.8 Å². The second-order valence-electron chi connectivity index (χ2n) is 11.7. The summed E-state index contributed by atoms with van der Waals surface area (Å²) in [5.41, 5.74) is 1.15. The lowest BCUT2D eigenvalue weighted by Gasteiger charge is -2.47. The highest BCUT2D eigenvalue weighted by atomic mass is 16.7. The van der Waals surface area contributed by atoms with Gasteiger partial charge in [0.2, 0.25) is 6.29 Å². The largest absolute Gasteiger partial charge is 0.467 e. The number of nitrogens with zero attached hydrogens (tertiary/aromatic N) is 2. The monoisotopic (exact) mass is 756 g/mol. The summed E-state index contributed by atoms with van der Waals surface area (Å²) in [4.78, 5) is 89.7. The zero-order chi connectivity index (χ0) is 39.4. The summed E-state index contributed by atoms with van der Waals surface area (Å²) in [6.45, 7) is 3.12. The number of ether oxygens (including phenoxy) is 9. The van der Waals surface area contributed by atoms with Gasteiger partial charge in [-0.1, -0.05) is 60.7 Å². The Morgan fingerprint density at radius 3 is 1.61 bits per heavy atom. The maximum atomic E-state index is 14.0. The first kappa shape index (κ1) is 40.8. The lowest BCUT2D eigenvalue weighted by molar-refractivity contribution is -0.327. The van der Waals surface area contributed by atoms with Gasteiger partial charge in [-0.25, -0.2) is 14.4 Å². The number of amides is 2. The molecule has 0 bridgehead atoms. The second kappa shape index (κ2) is 19.2. The van der Waals surface area contributed by atoms with Gasteiger partial charge in [0.25, 0.3) is 0 Å². The maximum absolute atomic E-state index is 14.0. The van der Waals surface area contributed by atoms with E-state index in [1.165, 1.54) is 12.2 Å². The van der Waals surface area contributed by atoms with Crippen molar-refractivity contribution in [3.63, 3.8) is 0 Å². The quantitative estimate of drug-likeness (QED) is 0.173. The van der Waals surface area contributed by atoms with Crippen LogP contribution in [0.4, 0.5) is 9.59 Å². The van der Waals surface area contributed by atoms with Gasteiger partial charge in [-0.2, -0.15) is 10.0 Å². The third-order valence-corrected chi connectivity index (χ3v) is 7.64. The summed E-state index contributed by atoms with van der Waals surface area (Å²) in [5, 5.41) is 1.25. The molecule has 18 nitrogen and oxygen atoms in total. The number of methoxy groups -OCH3 is 1. The van der Waals surface area contributed by atoms with Crippen LogP contribution in [0, 0.1) is 0 Å². The molecule has 2 aliphatic heterocycles. The van der Waals surface area contributed by atoms with Crippen molar-refractivity contribution in [3.05, 3.63) is 83.9 Å². The van der Waals surface area contributed by atoms with Crippen LogP contribution in [0.15, 0.2) is 72.8 Å². The Hall–Kier alpha value is -6.01. The zero-order valence-electron chi connectivity index (χ0n) is 30.0. The zero-order valence-corrected chi connectivity index (χ0v) is 30.0. The number of hydrazine groups is 1. The Balaban J connectivity index is 1.78. The van der Waals surface area contributed by atoms with E-state index >= 15 is 0 Å². The van der Waals surface area contributed by atoms with Gasteiger partial charge in [0, 0.05) is 27.7 Å². The molecule has 290 valence electrons. The minimum absolute atomic E-state index is 0.272.